The lowest BCUT2D eigenvalue weighted by Crippen LogP contribution is -2.48. The van der Waals surface area contributed by atoms with Gasteiger partial charge < -0.3 is 9.64 Å². The van der Waals surface area contributed by atoms with Gasteiger partial charge >= 0.3 is 0 Å². The Morgan fingerprint density at radius 1 is 1.10 bits per heavy atom. The summed E-state index contributed by atoms with van der Waals surface area (Å²) < 4.78 is 18.4. The minimum Gasteiger partial charge on any atom is -0.496 e. The number of methoxy groups -OCH3 is 1. The van der Waals surface area contributed by atoms with Gasteiger partial charge in [0.1, 0.15) is 16.6 Å². The average Bonchev–Trinajstić information content (AvgIpc) is 3.22. The predicted molar refractivity (Wildman–Crippen MR) is 112 cm³/mol. The Balaban J connectivity index is 1.34. The molecular formula is C22H22FN3O2S. The van der Waals surface area contributed by atoms with Crippen molar-refractivity contribution < 1.29 is 13.9 Å². The Morgan fingerprint density at radius 3 is 2.55 bits per heavy atom. The molecule has 1 amide bonds. The molecule has 150 valence electrons. The molecule has 0 spiro atoms. The minimum absolute atomic E-state index is 0.00921. The maximum absolute atomic E-state index is 13.1. The van der Waals surface area contributed by atoms with E-state index in [4.69, 9.17) is 4.74 Å². The first-order chi connectivity index (χ1) is 14.1. The first-order valence-corrected chi connectivity index (χ1v) is 10.4. The number of amides is 1. The third-order valence-electron chi connectivity index (χ3n) is 5.05. The van der Waals surface area contributed by atoms with Gasteiger partial charge in [-0.25, -0.2) is 9.37 Å². The first-order valence-electron chi connectivity index (χ1n) is 9.49. The van der Waals surface area contributed by atoms with Crippen molar-refractivity contribution in [2.24, 2.45) is 0 Å². The van der Waals surface area contributed by atoms with Gasteiger partial charge in [-0.05, 0) is 36.4 Å². The van der Waals surface area contributed by atoms with Crippen LogP contribution in [0.3, 0.4) is 0 Å². The number of hydrogen-bond acceptors (Lipinski definition) is 5. The fourth-order valence-corrected chi connectivity index (χ4v) is 4.27. The molecule has 0 unspecified atom stereocenters. The molecular weight excluding hydrogens is 389 g/mol. The fraction of sp³-hybridized carbons (Fsp3) is 0.273. The van der Waals surface area contributed by atoms with Gasteiger partial charge in [0.05, 0.1) is 24.9 Å². The van der Waals surface area contributed by atoms with Gasteiger partial charge in [0.25, 0.3) is 5.91 Å². The van der Waals surface area contributed by atoms with Crippen LogP contribution in [-0.4, -0.2) is 54.0 Å². The molecule has 1 aromatic heterocycles. The molecule has 2 aromatic carbocycles. The van der Waals surface area contributed by atoms with Crippen molar-refractivity contribution in [2.45, 2.75) is 6.54 Å². The Morgan fingerprint density at radius 2 is 1.83 bits per heavy atom. The molecule has 0 aliphatic carbocycles. The summed E-state index contributed by atoms with van der Waals surface area (Å²) in [5.74, 6) is 0.371. The van der Waals surface area contributed by atoms with Crippen LogP contribution in [0.2, 0.25) is 0 Å². The summed E-state index contributed by atoms with van der Waals surface area (Å²) in [6, 6.07) is 13.7. The molecule has 0 atom stereocenters. The molecule has 0 radical (unpaired) electrons. The number of hydrogen-bond donors (Lipinski definition) is 0. The molecule has 4 rings (SSSR count). The van der Waals surface area contributed by atoms with E-state index in [1.165, 1.54) is 12.1 Å². The molecule has 2 heterocycles. The monoisotopic (exact) mass is 411 g/mol. The lowest BCUT2D eigenvalue weighted by atomic mass is 10.1. The number of thiazole rings is 1. The van der Waals surface area contributed by atoms with Crippen LogP contribution < -0.4 is 4.74 Å². The van der Waals surface area contributed by atoms with E-state index >= 15 is 0 Å². The summed E-state index contributed by atoms with van der Waals surface area (Å²) in [6.07, 6.45) is 0. The maximum Gasteiger partial charge on any atom is 0.257 e. The van der Waals surface area contributed by atoms with Crippen LogP contribution in [0.1, 0.15) is 15.4 Å². The smallest absolute Gasteiger partial charge is 0.257 e. The molecule has 0 bridgehead atoms. The second-order valence-electron chi connectivity index (χ2n) is 6.90. The van der Waals surface area contributed by atoms with E-state index in [0.29, 0.717) is 24.4 Å². The van der Waals surface area contributed by atoms with Crippen LogP contribution in [-0.2, 0) is 6.54 Å². The molecule has 1 aliphatic heterocycles. The second kappa shape index (κ2) is 8.71. The van der Waals surface area contributed by atoms with E-state index in [-0.39, 0.29) is 11.7 Å². The topological polar surface area (TPSA) is 45.7 Å². The third kappa shape index (κ3) is 4.46. The van der Waals surface area contributed by atoms with Gasteiger partial charge in [-0.1, -0.05) is 12.1 Å². The zero-order chi connectivity index (χ0) is 20.2. The number of ether oxygens (including phenoxy) is 1. The Hall–Kier alpha value is -2.77. The third-order valence-corrected chi connectivity index (χ3v) is 5.88. The number of carbonyl (C=O) groups excluding carboxylic acids is 1. The molecule has 5 nitrogen and oxygen atoms in total. The minimum atomic E-state index is -0.246. The maximum atomic E-state index is 13.1. The summed E-state index contributed by atoms with van der Waals surface area (Å²) in [4.78, 5) is 21.7. The van der Waals surface area contributed by atoms with E-state index < -0.39 is 0 Å². The summed E-state index contributed by atoms with van der Waals surface area (Å²) in [6.45, 7) is 3.70. The molecule has 0 saturated carbocycles. The molecule has 29 heavy (non-hydrogen) atoms. The van der Waals surface area contributed by atoms with Crippen molar-refractivity contribution in [3.8, 4) is 17.0 Å². The number of nitrogens with zero attached hydrogens (tertiary/aromatic N) is 3. The van der Waals surface area contributed by atoms with E-state index in [1.807, 2.05) is 28.5 Å². The van der Waals surface area contributed by atoms with E-state index in [9.17, 15) is 9.18 Å². The zero-order valence-electron chi connectivity index (χ0n) is 16.2. The van der Waals surface area contributed by atoms with E-state index in [1.54, 1.807) is 36.6 Å². The number of para-hydroxylation sites is 1. The summed E-state index contributed by atoms with van der Waals surface area (Å²) in [5, 5.41) is 3.03. The highest BCUT2D eigenvalue weighted by atomic mass is 32.1. The van der Waals surface area contributed by atoms with Crippen molar-refractivity contribution in [2.75, 3.05) is 33.3 Å². The van der Waals surface area contributed by atoms with E-state index in [2.05, 4.69) is 9.88 Å². The van der Waals surface area contributed by atoms with Gasteiger partial charge in [0, 0.05) is 37.1 Å². The van der Waals surface area contributed by atoms with Crippen molar-refractivity contribution >= 4 is 17.2 Å². The SMILES string of the molecule is COc1ccccc1C(=O)N1CCN(Cc2nc(-c3ccc(F)cc3)cs2)CC1. The van der Waals surface area contributed by atoms with Crippen molar-refractivity contribution in [3.05, 3.63) is 70.3 Å². The number of carbonyl (C=O) groups is 1. The highest BCUT2D eigenvalue weighted by molar-refractivity contribution is 7.09. The quantitative estimate of drug-likeness (QED) is 0.639. The van der Waals surface area contributed by atoms with Crippen LogP contribution in [0.5, 0.6) is 5.75 Å². The van der Waals surface area contributed by atoms with Gasteiger partial charge in [-0.3, -0.25) is 9.69 Å². The number of aromatic nitrogens is 1. The normalized spacial score (nSPS) is 14.8. The number of piperazine rings is 1. The zero-order valence-corrected chi connectivity index (χ0v) is 17.0. The van der Waals surface area contributed by atoms with Crippen LogP contribution in [0.25, 0.3) is 11.3 Å². The summed E-state index contributed by atoms with van der Waals surface area (Å²) in [5.41, 5.74) is 2.39. The van der Waals surface area contributed by atoms with Crippen LogP contribution in [0, 0.1) is 5.82 Å². The Kier molecular flexibility index (Phi) is 5.87. The van der Waals surface area contributed by atoms with Crippen LogP contribution in [0.15, 0.2) is 53.9 Å². The lowest BCUT2D eigenvalue weighted by Gasteiger charge is -2.34. The first kappa shape index (κ1) is 19.5. The lowest BCUT2D eigenvalue weighted by molar-refractivity contribution is 0.0625. The van der Waals surface area contributed by atoms with Crippen LogP contribution in [0.4, 0.5) is 4.39 Å². The number of benzene rings is 2. The molecule has 3 aromatic rings. The molecule has 0 N–H and O–H groups in total. The molecule has 1 fully saturated rings. The Bertz CT molecular complexity index is 982. The van der Waals surface area contributed by atoms with Crippen molar-refractivity contribution in [1.29, 1.82) is 0 Å². The van der Waals surface area contributed by atoms with Gasteiger partial charge in [-0.2, -0.15) is 0 Å². The van der Waals surface area contributed by atoms with Crippen molar-refractivity contribution in [1.82, 2.24) is 14.8 Å². The molecule has 1 saturated heterocycles. The molecule has 7 heteroatoms. The second-order valence-corrected chi connectivity index (χ2v) is 7.84. The van der Waals surface area contributed by atoms with Crippen LogP contribution >= 0.6 is 11.3 Å². The predicted octanol–water partition coefficient (Wildman–Crippen LogP) is 3.92. The Labute approximate surface area is 173 Å². The summed E-state index contributed by atoms with van der Waals surface area (Å²) in [7, 11) is 1.58. The highest BCUT2D eigenvalue weighted by Gasteiger charge is 2.24. The fourth-order valence-electron chi connectivity index (χ4n) is 3.43. The number of rotatable bonds is 5. The van der Waals surface area contributed by atoms with E-state index in [0.717, 1.165) is 35.9 Å². The van der Waals surface area contributed by atoms with Gasteiger partial charge in [0.15, 0.2) is 0 Å². The van der Waals surface area contributed by atoms with Crippen molar-refractivity contribution in [3.63, 3.8) is 0 Å². The largest absolute Gasteiger partial charge is 0.496 e. The number of halogens is 1. The standard InChI is InChI=1S/C22H22FN3O2S/c1-28-20-5-3-2-4-18(20)22(27)26-12-10-25(11-13-26)14-21-24-19(15-29-21)16-6-8-17(23)9-7-16/h2-9,15H,10-14H2,1H3. The van der Waals surface area contributed by atoms with Gasteiger partial charge in [-0.15, -0.1) is 11.3 Å². The molecule has 1 aliphatic rings. The average molecular weight is 412 g/mol. The van der Waals surface area contributed by atoms with Gasteiger partial charge in [0.2, 0.25) is 0 Å². The summed E-state index contributed by atoms with van der Waals surface area (Å²) >= 11 is 1.61. The highest BCUT2D eigenvalue weighted by Crippen LogP contribution is 2.24.